The van der Waals surface area contributed by atoms with Crippen molar-refractivity contribution in [3.8, 4) is 0 Å². The van der Waals surface area contributed by atoms with E-state index in [0.717, 1.165) is 52.3 Å². The average molecular weight is 468 g/mol. The highest BCUT2D eigenvalue weighted by Gasteiger charge is 2.40. The molecule has 1 aliphatic heterocycles. The maximum absolute atomic E-state index is 13.8. The van der Waals surface area contributed by atoms with E-state index in [0.29, 0.717) is 17.0 Å². The zero-order chi connectivity index (χ0) is 25.3. The minimum atomic E-state index is -0.345. The van der Waals surface area contributed by atoms with Crippen LogP contribution < -0.4 is 15.1 Å². The van der Waals surface area contributed by atoms with Gasteiger partial charge in [-0.1, -0.05) is 29.8 Å². The number of carbonyl (C=O) groups is 2. The maximum Gasteiger partial charge on any atom is 0.282 e. The van der Waals surface area contributed by atoms with Crippen molar-refractivity contribution in [1.29, 1.82) is 0 Å². The predicted octanol–water partition coefficient (Wildman–Crippen LogP) is 6.16. The summed E-state index contributed by atoms with van der Waals surface area (Å²) in [5.41, 5.74) is 8.02. The Morgan fingerprint density at radius 2 is 1.37 bits per heavy atom. The summed E-state index contributed by atoms with van der Waals surface area (Å²) >= 11 is 0. The van der Waals surface area contributed by atoms with Crippen LogP contribution in [-0.4, -0.2) is 24.9 Å². The zero-order valence-electron chi connectivity index (χ0n) is 21.4. The van der Waals surface area contributed by atoms with Crippen molar-refractivity contribution in [2.45, 2.75) is 41.5 Å². The number of nitrogens with zero attached hydrogens (tertiary/aromatic N) is 2. The quantitative estimate of drug-likeness (QED) is 0.423. The van der Waals surface area contributed by atoms with Crippen LogP contribution in [0.5, 0.6) is 0 Å². The number of nitrogens with one attached hydrogen (secondary N) is 1. The van der Waals surface area contributed by atoms with E-state index in [-0.39, 0.29) is 11.8 Å². The monoisotopic (exact) mass is 467 g/mol. The molecule has 3 aromatic carbocycles. The van der Waals surface area contributed by atoms with Crippen LogP contribution in [0.2, 0.25) is 0 Å². The Hall–Kier alpha value is -3.86. The van der Waals surface area contributed by atoms with Crippen LogP contribution in [0.4, 0.5) is 17.1 Å². The third-order valence-corrected chi connectivity index (χ3v) is 6.47. The molecule has 0 spiro atoms. The molecule has 5 heteroatoms. The fourth-order valence-corrected chi connectivity index (χ4v) is 4.79. The highest BCUT2D eigenvalue weighted by atomic mass is 16.2. The van der Waals surface area contributed by atoms with E-state index in [1.807, 2.05) is 88.4 Å². The molecule has 0 fully saturated rings. The van der Waals surface area contributed by atoms with E-state index in [4.69, 9.17) is 0 Å². The minimum absolute atomic E-state index is 0.303. The van der Waals surface area contributed by atoms with Crippen LogP contribution in [0.25, 0.3) is 5.57 Å². The van der Waals surface area contributed by atoms with Crippen molar-refractivity contribution < 1.29 is 9.59 Å². The van der Waals surface area contributed by atoms with Gasteiger partial charge in [0.05, 0.1) is 11.3 Å². The normalized spacial score (nSPS) is 13.6. The van der Waals surface area contributed by atoms with Gasteiger partial charge in [-0.3, -0.25) is 9.59 Å². The SMILES string of the molecule is CCN(CC)c1ccc(NC2=C(c3ccc(C)cc3C)C(=O)N(c3cc(C)cc(C)c3)C2=O)cc1. The van der Waals surface area contributed by atoms with Crippen molar-refractivity contribution in [1.82, 2.24) is 0 Å². The summed E-state index contributed by atoms with van der Waals surface area (Å²) in [5.74, 6) is -0.656. The molecule has 0 aromatic heterocycles. The van der Waals surface area contributed by atoms with E-state index in [9.17, 15) is 9.59 Å². The van der Waals surface area contributed by atoms with Crippen molar-refractivity contribution in [3.63, 3.8) is 0 Å². The Morgan fingerprint density at radius 1 is 0.743 bits per heavy atom. The molecule has 0 saturated heterocycles. The van der Waals surface area contributed by atoms with Gasteiger partial charge in [-0.05, 0) is 100 Å². The van der Waals surface area contributed by atoms with Gasteiger partial charge in [-0.25, -0.2) is 4.90 Å². The number of carbonyl (C=O) groups excluding carboxylic acids is 2. The van der Waals surface area contributed by atoms with Gasteiger partial charge in [0.2, 0.25) is 0 Å². The summed E-state index contributed by atoms with van der Waals surface area (Å²) in [6.07, 6.45) is 0. The fraction of sp³-hybridized carbons (Fsp3) is 0.267. The van der Waals surface area contributed by atoms with Gasteiger partial charge in [-0.15, -0.1) is 0 Å². The first kappa shape index (κ1) is 24.3. The average Bonchev–Trinajstić information content (AvgIpc) is 3.04. The number of rotatable bonds is 7. The van der Waals surface area contributed by atoms with Gasteiger partial charge >= 0.3 is 0 Å². The summed E-state index contributed by atoms with van der Waals surface area (Å²) < 4.78 is 0. The smallest absolute Gasteiger partial charge is 0.282 e. The van der Waals surface area contributed by atoms with Crippen molar-refractivity contribution in [3.05, 3.63) is 94.2 Å². The summed E-state index contributed by atoms with van der Waals surface area (Å²) in [4.78, 5) is 31.1. The number of anilines is 3. The molecule has 0 unspecified atom stereocenters. The van der Waals surface area contributed by atoms with Crippen molar-refractivity contribution in [2.75, 3.05) is 28.2 Å². The van der Waals surface area contributed by atoms with Crippen LogP contribution in [-0.2, 0) is 9.59 Å². The second kappa shape index (κ2) is 9.79. The maximum atomic E-state index is 13.8. The molecule has 0 radical (unpaired) electrons. The highest BCUT2D eigenvalue weighted by Crippen LogP contribution is 2.36. The highest BCUT2D eigenvalue weighted by molar-refractivity contribution is 6.46. The Balaban J connectivity index is 1.80. The molecule has 0 aliphatic carbocycles. The summed E-state index contributed by atoms with van der Waals surface area (Å²) in [5, 5.41) is 3.29. The summed E-state index contributed by atoms with van der Waals surface area (Å²) in [7, 11) is 0. The molecule has 0 saturated carbocycles. The topological polar surface area (TPSA) is 52.7 Å². The van der Waals surface area contributed by atoms with E-state index < -0.39 is 0 Å². The largest absolute Gasteiger partial charge is 0.372 e. The summed E-state index contributed by atoms with van der Waals surface area (Å²) in [6.45, 7) is 14.0. The Morgan fingerprint density at radius 3 is 1.94 bits per heavy atom. The third-order valence-electron chi connectivity index (χ3n) is 6.47. The molecule has 1 N–H and O–H groups in total. The van der Waals surface area contributed by atoms with E-state index in [1.165, 1.54) is 4.90 Å². The molecule has 4 rings (SSSR count). The van der Waals surface area contributed by atoms with Crippen LogP contribution in [0.1, 0.15) is 41.7 Å². The molecule has 35 heavy (non-hydrogen) atoms. The molecule has 2 amide bonds. The fourth-order valence-electron chi connectivity index (χ4n) is 4.79. The van der Waals surface area contributed by atoms with Crippen LogP contribution in [0, 0.1) is 27.7 Å². The number of imide groups is 1. The third kappa shape index (κ3) is 4.72. The van der Waals surface area contributed by atoms with Crippen LogP contribution in [0.3, 0.4) is 0 Å². The molecule has 0 bridgehead atoms. The molecule has 3 aromatic rings. The van der Waals surface area contributed by atoms with Crippen LogP contribution >= 0.6 is 0 Å². The zero-order valence-corrected chi connectivity index (χ0v) is 21.4. The number of benzene rings is 3. The lowest BCUT2D eigenvalue weighted by molar-refractivity contribution is -0.120. The first-order valence-corrected chi connectivity index (χ1v) is 12.1. The van der Waals surface area contributed by atoms with E-state index >= 15 is 0 Å². The molecular formula is C30H33N3O2. The molecule has 1 aliphatic rings. The van der Waals surface area contributed by atoms with Crippen molar-refractivity contribution in [2.24, 2.45) is 0 Å². The number of hydrogen-bond donors (Lipinski definition) is 1. The molecule has 0 atom stereocenters. The number of amides is 2. The standard InChI is InChI=1S/C30H33N3O2/c1-7-32(8-2)24-12-10-23(11-13-24)31-28-27(26-14-9-19(3)16-22(26)6)29(34)33(30(28)35)25-17-20(4)15-21(5)18-25/h9-18,31H,7-8H2,1-6H3. The lowest BCUT2D eigenvalue weighted by Crippen LogP contribution is -2.32. The van der Waals surface area contributed by atoms with E-state index in [2.05, 4.69) is 24.1 Å². The van der Waals surface area contributed by atoms with Gasteiger partial charge in [0.1, 0.15) is 5.70 Å². The number of aryl methyl sites for hydroxylation is 4. The molecular weight excluding hydrogens is 434 g/mol. The van der Waals surface area contributed by atoms with Gasteiger partial charge in [0.15, 0.2) is 0 Å². The van der Waals surface area contributed by atoms with Gasteiger partial charge < -0.3 is 10.2 Å². The molecule has 1 heterocycles. The second-order valence-corrected chi connectivity index (χ2v) is 9.20. The molecule has 5 nitrogen and oxygen atoms in total. The minimum Gasteiger partial charge on any atom is -0.372 e. The first-order chi connectivity index (χ1) is 16.7. The Bertz CT molecular complexity index is 1300. The Kier molecular flexibility index (Phi) is 6.79. The van der Waals surface area contributed by atoms with Crippen molar-refractivity contribution >= 4 is 34.4 Å². The van der Waals surface area contributed by atoms with Gasteiger partial charge in [-0.2, -0.15) is 0 Å². The van der Waals surface area contributed by atoms with Gasteiger partial charge in [0.25, 0.3) is 11.8 Å². The van der Waals surface area contributed by atoms with Crippen LogP contribution in [0.15, 0.2) is 66.4 Å². The van der Waals surface area contributed by atoms with Gasteiger partial charge in [0, 0.05) is 24.5 Å². The Labute approximate surface area is 208 Å². The second-order valence-electron chi connectivity index (χ2n) is 9.20. The predicted molar refractivity (Wildman–Crippen MR) is 145 cm³/mol. The lowest BCUT2D eigenvalue weighted by Gasteiger charge is -2.21. The number of hydrogen-bond acceptors (Lipinski definition) is 4. The lowest BCUT2D eigenvalue weighted by atomic mass is 9.97. The first-order valence-electron chi connectivity index (χ1n) is 12.1. The van der Waals surface area contributed by atoms with E-state index in [1.54, 1.807) is 0 Å². The molecule has 180 valence electrons. The summed E-state index contributed by atoms with van der Waals surface area (Å²) in [6, 6.07) is 19.7.